The molecule has 0 radical (unpaired) electrons. The van der Waals surface area contributed by atoms with E-state index in [1.54, 1.807) is 50.2 Å². The van der Waals surface area contributed by atoms with Gasteiger partial charge in [0.2, 0.25) is 5.91 Å². The van der Waals surface area contributed by atoms with E-state index in [0.717, 1.165) is 24.8 Å². The molecule has 204 valence electrons. The number of hydrogen-bond acceptors (Lipinski definition) is 6. The Labute approximate surface area is 228 Å². The van der Waals surface area contributed by atoms with Crippen LogP contribution in [0, 0.1) is 0 Å². The van der Waals surface area contributed by atoms with E-state index in [1.165, 1.54) is 29.2 Å². The van der Waals surface area contributed by atoms with E-state index in [2.05, 4.69) is 17.0 Å². The lowest BCUT2D eigenvalue weighted by atomic mass is 9.96. The molecule has 0 fully saturated rings. The number of para-hydroxylation sites is 2. The number of nitrogens with zero attached hydrogens (tertiary/aromatic N) is 1. The monoisotopic (exact) mass is 549 g/mol. The number of carbonyl (C=O) groups is 3. The molecule has 4 rings (SSSR count). The molecule has 1 aliphatic rings. The molecule has 2 amide bonds. The number of aryl methyl sites for hydroxylation is 1. The third-order valence-electron chi connectivity index (χ3n) is 6.49. The van der Waals surface area contributed by atoms with Crippen molar-refractivity contribution in [2.45, 2.75) is 50.5 Å². The molecule has 9 nitrogen and oxygen atoms in total. The number of amides is 2. The summed E-state index contributed by atoms with van der Waals surface area (Å²) in [5.74, 6) is -1.83. The summed E-state index contributed by atoms with van der Waals surface area (Å²) in [5.41, 5.74) is 1.24. The predicted octanol–water partition coefficient (Wildman–Crippen LogP) is 4.75. The molecule has 39 heavy (non-hydrogen) atoms. The highest BCUT2D eigenvalue weighted by Gasteiger charge is 2.43. The van der Waals surface area contributed by atoms with Crippen LogP contribution in [0.25, 0.3) is 0 Å². The van der Waals surface area contributed by atoms with E-state index in [-0.39, 0.29) is 16.4 Å². The molecule has 0 bridgehead atoms. The molecule has 0 aliphatic carbocycles. The van der Waals surface area contributed by atoms with Crippen molar-refractivity contribution < 1.29 is 27.5 Å². The SMILES string of the molecule is CCCCc1ccc(NS(=O)(=O)c2cccc(C(=O)OCC(=O)N3c4ccccc4NC(=O)C3(C)C)c2)cc1. The number of sulfonamides is 1. The first-order valence-electron chi connectivity index (χ1n) is 12.7. The third-order valence-corrected chi connectivity index (χ3v) is 7.87. The van der Waals surface area contributed by atoms with Gasteiger partial charge in [0.25, 0.3) is 15.9 Å². The zero-order valence-electron chi connectivity index (χ0n) is 22.1. The molecular formula is C29H31N3O6S. The van der Waals surface area contributed by atoms with E-state index < -0.39 is 34.0 Å². The lowest BCUT2D eigenvalue weighted by Crippen LogP contribution is -2.59. The molecule has 2 N–H and O–H groups in total. The minimum absolute atomic E-state index is 0.0309. The highest BCUT2D eigenvalue weighted by Crippen LogP contribution is 2.36. The Balaban J connectivity index is 1.45. The molecule has 3 aromatic rings. The first-order chi connectivity index (χ1) is 18.5. The summed E-state index contributed by atoms with van der Waals surface area (Å²) in [5, 5.41) is 2.77. The maximum atomic E-state index is 13.1. The van der Waals surface area contributed by atoms with Crippen LogP contribution in [0.15, 0.2) is 77.7 Å². The average Bonchev–Trinajstić information content (AvgIpc) is 2.91. The van der Waals surface area contributed by atoms with Crippen molar-refractivity contribution in [3.8, 4) is 0 Å². The van der Waals surface area contributed by atoms with Crippen LogP contribution in [0.5, 0.6) is 0 Å². The van der Waals surface area contributed by atoms with Gasteiger partial charge in [0.1, 0.15) is 5.54 Å². The van der Waals surface area contributed by atoms with Crippen LogP contribution in [-0.4, -0.2) is 38.3 Å². The van der Waals surface area contributed by atoms with Crippen LogP contribution in [0.4, 0.5) is 17.1 Å². The minimum atomic E-state index is -3.98. The third kappa shape index (κ3) is 6.12. The zero-order chi connectivity index (χ0) is 28.2. The number of anilines is 3. The Morgan fingerprint density at radius 3 is 2.44 bits per heavy atom. The van der Waals surface area contributed by atoms with Crippen molar-refractivity contribution in [2.24, 2.45) is 0 Å². The van der Waals surface area contributed by atoms with Gasteiger partial charge in [-0.25, -0.2) is 13.2 Å². The van der Waals surface area contributed by atoms with E-state index in [0.29, 0.717) is 17.1 Å². The number of ether oxygens (including phenoxy) is 1. The number of nitrogens with one attached hydrogen (secondary N) is 2. The molecule has 0 atom stereocenters. The van der Waals surface area contributed by atoms with Crippen molar-refractivity contribution in [2.75, 3.05) is 21.5 Å². The Hall–Kier alpha value is -4.18. The highest BCUT2D eigenvalue weighted by atomic mass is 32.2. The van der Waals surface area contributed by atoms with Crippen LogP contribution >= 0.6 is 0 Å². The van der Waals surface area contributed by atoms with Gasteiger partial charge in [0.05, 0.1) is 21.8 Å². The fourth-order valence-corrected chi connectivity index (χ4v) is 5.40. The summed E-state index contributed by atoms with van der Waals surface area (Å²) in [6, 6.07) is 19.4. The van der Waals surface area contributed by atoms with Gasteiger partial charge >= 0.3 is 5.97 Å². The van der Waals surface area contributed by atoms with Gasteiger partial charge in [0, 0.05) is 5.69 Å². The number of fused-ring (bicyclic) bond motifs is 1. The van der Waals surface area contributed by atoms with E-state index in [4.69, 9.17) is 4.74 Å². The number of benzene rings is 3. The van der Waals surface area contributed by atoms with Crippen molar-refractivity contribution in [1.82, 2.24) is 0 Å². The summed E-state index contributed by atoms with van der Waals surface area (Å²) in [4.78, 5) is 39.7. The number of esters is 1. The minimum Gasteiger partial charge on any atom is -0.452 e. The van der Waals surface area contributed by atoms with Crippen LogP contribution in [-0.2, 0) is 30.8 Å². The van der Waals surface area contributed by atoms with Crippen molar-refractivity contribution in [3.63, 3.8) is 0 Å². The molecule has 0 saturated carbocycles. The second-order valence-electron chi connectivity index (χ2n) is 9.77. The van der Waals surface area contributed by atoms with E-state index >= 15 is 0 Å². The van der Waals surface area contributed by atoms with Gasteiger partial charge in [-0.05, 0) is 74.7 Å². The second kappa shape index (κ2) is 11.3. The highest BCUT2D eigenvalue weighted by molar-refractivity contribution is 7.92. The first kappa shape index (κ1) is 27.8. The Morgan fingerprint density at radius 2 is 1.72 bits per heavy atom. The maximum Gasteiger partial charge on any atom is 0.338 e. The van der Waals surface area contributed by atoms with Crippen LogP contribution in [0.2, 0.25) is 0 Å². The number of rotatable bonds is 9. The van der Waals surface area contributed by atoms with E-state index in [1.807, 2.05) is 12.1 Å². The van der Waals surface area contributed by atoms with E-state index in [9.17, 15) is 22.8 Å². The van der Waals surface area contributed by atoms with Crippen LogP contribution < -0.4 is 14.9 Å². The Bertz CT molecular complexity index is 1500. The normalized spacial score (nSPS) is 14.2. The summed E-state index contributed by atoms with van der Waals surface area (Å²) >= 11 is 0. The summed E-state index contributed by atoms with van der Waals surface area (Å²) in [6.45, 7) is 4.66. The summed E-state index contributed by atoms with van der Waals surface area (Å²) in [6.07, 6.45) is 3.05. The average molecular weight is 550 g/mol. The molecule has 0 saturated heterocycles. The molecule has 3 aromatic carbocycles. The molecule has 0 spiro atoms. The molecule has 1 aliphatic heterocycles. The lowest BCUT2D eigenvalue weighted by Gasteiger charge is -2.41. The van der Waals surface area contributed by atoms with Crippen LogP contribution in [0.1, 0.15) is 49.5 Å². The topological polar surface area (TPSA) is 122 Å². The molecule has 1 heterocycles. The standard InChI is InChI=1S/C29H31N3O6S/c1-4-5-9-20-14-16-22(17-15-20)31-39(36,37)23-11-8-10-21(18-23)27(34)38-19-26(33)32-25-13-7-6-12-24(25)30-28(35)29(32,2)3/h6-8,10-18,31H,4-5,9,19H2,1-3H3,(H,30,35). The summed E-state index contributed by atoms with van der Waals surface area (Å²) in [7, 11) is -3.98. The fraction of sp³-hybridized carbons (Fsp3) is 0.276. The fourth-order valence-electron chi connectivity index (χ4n) is 4.30. The number of unbranched alkanes of at least 4 members (excludes halogenated alkanes) is 1. The lowest BCUT2D eigenvalue weighted by molar-refractivity contribution is -0.128. The van der Waals surface area contributed by atoms with Gasteiger partial charge in [-0.1, -0.05) is 43.7 Å². The van der Waals surface area contributed by atoms with Crippen molar-refractivity contribution in [1.29, 1.82) is 0 Å². The first-order valence-corrected chi connectivity index (χ1v) is 14.1. The Morgan fingerprint density at radius 1 is 1.00 bits per heavy atom. The Kier molecular flexibility index (Phi) is 8.06. The zero-order valence-corrected chi connectivity index (χ0v) is 22.9. The second-order valence-corrected chi connectivity index (χ2v) is 11.5. The maximum absolute atomic E-state index is 13.1. The van der Waals surface area contributed by atoms with Gasteiger partial charge in [0.15, 0.2) is 6.61 Å². The molecule has 0 unspecified atom stereocenters. The predicted molar refractivity (Wildman–Crippen MR) is 149 cm³/mol. The van der Waals surface area contributed by atoms with Gasteiger partial charge in [-0.3, -0.25) is 19.2 Å². The van der Waals surface area contributed by atoms with Crippen LogP contribution in [0.3, 0.4) is 0 Å². The number of hydrogen-bond donors (Lipinski definition) is 2. The largest absolute Gasteiger partial charge is 0.452 e. The van der Waals surface area contributed by atoms with Gasteiger partial charge in [-0.2, -0.15) is 0 Å². The quantitative estimate of drug-likeness (QED) is 0.372. The number of carbonyl (C=O) groups excluding carboxylic acids is 3. The van der Waals surface area contributed by atoms with Crippen molar-refractivity contribution in [3.05, 3.63) is 83.9 Å². The molecule has 10 heteroatoms. The van der Waals surface area contributed by atoms with Gasteiger partial charge < -0.3 is 10.1 Å². The molecular weight excluding hydrogens is 518 g/mol. The summed E-state index contributed by atoms with van der Waals surface area (Å²) < 4.78 is 33.7. The van der Waals surface area contributed by atoms with Gasteiger partial charge in [-0.15, -0.1) is 0 Å². The molecule has 0 aromatic heterocycles. The van der Waals surface area contributed by atoms with Crippen molar-refractivity contribution >= 4 is 44.9 Å². The smallest absolute Gasteiger partial charge is 0.338 e.